The summed E-state index contributed by atoms with van der Waals surface area (Å²) in [6.45, 7) is 14.0. The van der Waals surface area contributed by atoms with Crippen LogP contribution in [-0.4, -0.2) is 54.6 Å². The van der Waals surface area contributed by atoms with Crippen LogP contribution in [0.25, 0.3) is 5.57 Å². The number of rotatable bonds is 5. The molecular formula is C21H35N3S. The van der Waals surface area contributed by atoms with Crippen LogP contribution in [0.1, 0.15) is 50.3 Å². The van der Waals surface area contributed by atoms with Gasteiger partial charge in [-0.1, -0.05) is 6.08 Å². The molecule has 0 radical (unpaired) electrons. The van der Waals surface area contributed by atoms with Gasteiger partial charge in [0.15, 0.2) is 0 Å². The minimum atomic E-state index is 0.0620. The maximum atomic E-state index is 3.73. The maximum Gasteiger partial charge on any atom is 0.0325 e. The number of hydrogen-bond donors (Lipinski definition) is 1. The molecule has 1 aromatic heterocycles. The molecule has 0 amide bonds. The molecule has 0 bridgehead atoms. The van der Waals surface area contributed by atoms with Crippen molar-refractivity contribution in [2.75, 3.05) is 33.7 Å². The Hall–Kier alpha value is -0.680. The summed E-state index contributed by atoms with van der Waals surface area (Å²) in [6.07, 6.45) is 4.87. The van der Waals surface area contributed by atoms with Crippen LogP contribution in [0.4, 0.5) is 0 Å². The van der Waals surface area contributed by atoms with Crippen molar-refractivity contribution in [3.63, 3.8) is 0 Å². The molecule has 0 spiro atoms. The van der Waals surface area contributed by atoms with Gasteiger partial charge in [0, 0.05) is 40.5 Å². The predicted molar refractivity (Wildman–Crippen MR) is 110 cm³/mol. The molecule has 140 valence electrons. The number of thiophene rings is 1. The normalized spacial score (nSPS) is 26.2. The van der Waals surface area contributed by atoms with Gasteiger partial charge >= 0.3 is 0 Å². The Balaban J connectivity index is 1.63. The van der Waals surface area contributed by atoms with E-state index < -0.39 is 0 Å². The third-order valence-corrected chi connectivity index (χ3v) is 6.44. The highest BCUT2D eigenvalue weighted by atomic mass is 32.1. The molecule has 2 aliphatic heterocycles. The van der Waals surface area contributed by atoms with Crippen LogP contribution in [0.2, 0.25) is 0 Å². The summed E-state index contributed by atoms with van der Waals surface area (Å²) < 4.78 is 0. The van der Waals surface area contributed by atoms with Crippen molar-refractivity contribution in [2.24, 2.45) is 5.92 Å². The van der Waals surface area contributed by atoms with Crippen LogP contribution in [0.5, 0.6) is 0 Å². The minimum absolute atomic E-state index is 0.0620. The minimum Gasteiger partial charge on any atom is -0.306 e. The monoisotopic (exact) mass is 361 g/mol. The molecule has 1 N–H and O–H groups in total. The first kappa shape index (κ1) is 19.1. The highest BCUT2D eigenvalue weighted by Gasteiger charge is 2.32. The summed E-state index contributed by atoms with van der Waals surface area (Å²) in [6, 6.07) is 4.67. The van der Waals surface area contributed by atoms with Gasteiger partial charge in [0.25, 0.3) is 0 Å². The third kappa shape index (κ3) is 5.16. The molecule has 3 nitrogen and oxygen atoms in total. The summed E-state index contributed by atoms with van der Waals surface area (Å²) in [5, 5.41) is 3.73. The van der Waals surface area contributed by atoms with Gasteiger partial charge < -0.3 is 15.1 Å². The first-order valence-corrected chi connectivity index (χ1v) is 10.4. The smallest absolute Gasteiger partial charge is 0.0325 e. The second-order valence-electron chi connectivity index (χ2n) is 9.46. The Morgan fingerprint density at radius 3 is 2.68 bits per heavy atom. The summed E-state index contributed by atoms with van der Waals surface area (Å²) in [4.78, 5) is 7.89. The number of hydrogen-bond acceptors (Lipinski definition) is 4. The molecule has 3 heterocycles. The fourth-order valence-corrected chi connectivity index (χ4v) is 5.76. The lowest BCUT2D eigenvalue weighted by atomic mass is 9.83. The molecule has 0 unspecified atom stereocenters. The van der Waals surface area contributed by atoms with E-state index >= 15 is 0 Å². The van der Waals surface area contributed by atoms with Gasteiger partial charge in [-0.25, -0.2) is 0 Å². The van der Waals surface area contributed by atoms with Gasteiger partial charge in [-0.15, -0.1) is 11.3 Å². The Bertz CT molecular complexity index is 629. The van der Waals surface area contributed by atoms with Crippen LogP contribution < -0.4 is 5.32 Å². The predicted octanol–water partition coefficient (Wildman–Crippen LogP) is 4.07. The topological polar surface area (TPSA) is 18.5 Å². The molecule has 0 saturated carbocycles. The van der Waals surface area contributed by atoms with Crippen LogP contribution in [0.15, 0.2) is 18.2 Å². The Labute approximate surface area is 158 Å². The molecule has 1 fully saturated rings. The second-order valence-corrected chi connectivity index (χ2v) is 10.6. The van der Waals surface area contributed by atoms with E-state index in [1.54, 1.807) is 0 Å². The van der Waals surface area contributed by atoms with Crippen molar-refractivity contribution in [3.05, 3.63) is 28.0 Å². The Morgan fingerprint density at radius 1 is 1.28 bits per heavy atom. The van der Waals surface area contributed by atoms with E-state index in [0.717, 1.165) is 18.9 Å². The van der Waals surface area contributed by atoms with Crippen LogP contribution >= 0.6 is 11.3 Å². The van der Waals surface area contributed by atoms with Crippen molar-refractivity contribution in [1.82, 2.24) is 15.1 Å². The summed E-state index contributed by atoms with van der Waals surface area (Å²) in [5.41, 5.74) is 1.72. The van der Waals surface area contributed by atoms with E-state index in [2.05, 4.69) is 75.1 Å². The highest BCUT2D eigenvalue weighted by Crippen LogP contribution is 2.36. The molecule has 25 heavy (non-hydrogen) atoms. The Kier molecular flexibility index (Phi) is 5.46. The van der Waals surface area contributed by atoms with E-state index in [1.165, 1.54) is 41.4 Å². The van der Waals surface area contributed by atoms with Crippen LogP contribution in [0, 0.1) is 5.92 Å². The SMILES string of the molecule is CN1CC[C@@H](CN(C)Cc2ccc(C3=CC(C)(C)NC(C)(C)C3)s2)C1. The van der Waals surface area contributed by atoms with Crippen LogP contribution in [-0.2, 0) is 6.54 Å². The number of nitrogens with one attached hydrogen (secondary N) is 1. The molecule has 0 aliphatic carbocycles. The first-order valence-electron chi connectivity index (χ1n) is 9.59. The molecule has 1 saturated heterocycles. The van der Waals surface area contributed by atoms with E-state index in [4.69, 9.17) is 0 Å². The highest BCUT2D eigenvalue weighted by molar-refractivity contribution is 7.13. The molecule has 2 aliphatic rings. The first-order chi connectivity index (χ1) is 11.6. The summed E-state index contributed by atoms with van der Waals surface area (Å²) >= 11 is 1.98. The second kappa shape index (κ2) is 7.15. The average molecular weight is 362 g/mol. The van der Waals surface area contributed by atoms with Crippen molar-refractivity contribution in [3.8, 4) is 0 Å². The molecule has 3 rings (SSSR count). The average Bonchev–Trinajstić information content (AvgIpc) is 3.04. The molecule has 0 aromatic carbocycles. The molecule has 4 heteroatoms. The summed E-state index contributed by atoms with van der Waals surface area (Å²) in [7, 11) is 4.51. The van der Waals surface area contributed by atoms with Gasteiger partial charge in [0.1, 0.15) is 0 Å². The van der Waals surface area contributed by atoms with Crippen molar-refractivity contribution in [1.29, 1.82) is 0 Å². The van der Waals surface area contributed by atoms with Gasteiger partial charge in [-0.05, 0) is 84.8 Å². The van der Waals surface area contributed by atoms with Gasteiger partial charge in [0.2, 0.25) is 0 Å². The lowest BCUT2D eigenvalue weighted by Gasteiger charge is -2.41. The van der Waals surface area contributed by atoms with Crippen molar-refractivity contribution >= 4 is 16.9 Å². The van der Waals surface area contributed by atoms with E-state index in [9.17, 15) is 0 Å². The molecular weight excluding hydrogens is 326 g/mol. The molecule has 1 aromatic rings. The lowest BCUT2D eigenvalue weighted by molar-refractivity contribution is 0.269. The van der Waals surface area contributed by atoms with Gasteiger partial charge in [-0.3, -0.25) is 0 Å². The van der Waals surface area contributed by atoms with E-state index in [1.807, 2.05) is 11.3 Å². The zero-order valence-corrected chi connectivity index (χ0v) is 17.7. The molecule has 1 atom stereocenters. The quantitative estimate of drug-likeness (QED) is 0.853. The number of nitrogens with zero attached hydrogens (tertiary/aromatic N) is 2. The summed E-state index contributed by atoms with van der Waals surface area (Å²) in [5.74, 6) is 0.836. The van der Waals surface area contributed by atoms with E-state index in [-0.39, 0.29) is 11.1 Å². The van der Waals surface area contributed by atoms with Crippen molar-refractivity contribution < 1.29 is 0 Å². The van der Waals surface area contributed by atoms with Gasteiger partial charge in [0.05, 0.1) is 0 Å². The van der Waals surface area contributed by atoms with Crippen molar-refractivity contribution in [2.45, 2.75) is 58.2 Å². The van der Waals surface area contributed by atoms with Crippen LogP contribution in [0.3, 0.4) is 0 Å². The largest absolute Gasteiger partial charge is 0.306 e. The third-order valence-electron chi connectivity index (χ3n) is 5.29. The van der Waals surface area contributed by atoms with Gasteiger partial charge in [-0.2, -0.15) is 0 Å². The maximum absolute atomic E-state index is 3.73. The lowest BCUT2D eigenvalue weighted by Crippen LogP contribution is -2.53. The zero-order valence-electron chi connectivity index (χ0n) is 16.9. The van der Waals surface area contributed by atoms with E-state index in [0.29, 0.717) is 0 Å². The number of likely N-dealkylation sites (tertiary alicyclic amines) is 1. The Morgan fingerprint density at radius 2 is 2.04 bits per heavy atom. The fourth-order valence-electron chi connectivity index (χ4n) is 4.66. The standard InChI is InChI=1S/C21H35N3S/c1-20(2)11-17(12-21(3,4)22-20)19-8-7-18(25-19)15-24(6)14-16-9-10-23(5)13-16/h7-8,11,16,22H,9-10,12-15H2,1-6H3/t16-/m1/s1. The zero-order chi connectivity index (χ0) is 18.2. The fraction of sp³-hybridized carbons (Fsp3) is 0.714.